The number of fused-ring (bicyclic) bond motifs is 1. The largest absolute Gasteiger partial charge is 0.355 e. The first-order valence-electron chi connectivity index (χ1n) is 8.34. The fourth-order valence-corrected chi connectivity index (χ4v) is 2.69. The van der Waals surface area contributed by atoms with Gasteiger partial charge in [0, 0.05) is 25.9 Å². The normalized spacial score (nSPS) is 15.3. The van der Waals surface area contributed by atoms with Crippen LogP contribution in [-0.4, -0.2) is 33.3 Å². The molecule has 0 saturated carbocycles. The molecule has 0 aliphatic carbocycles. The van der Waals surface area contributed by atoms with E-state index in [1.54, 1.807) is 0 Å². The Kier molecular flexibility index (Phi) is 9.85. The van der Waals surface area contributed by atoms with E-state index in [0.717, 1.165) is 37.5 Å². The fourth-order valence-electron chi connectivity index (χ4n) is 2.69. The summed E-state index contributed by atoms with van der Waals surface area (Å²) in [5.41, 5.74) is 5.73. The molecule has 140 valence electrons. The van der Waals surface area contributed by atoms with Crippen LogP contribution in [0.1, 0.15) is 58.1 Å². The summed E-state index contributed by atoms with van der Waals surface area (Å²) >= 11 is 0. The number of nitrogens with one attached hydrogen (secondary N) is 1. The third-order valence-corrected chi connectivity index (χ3v) is 4.28. The van der Waals surface area contributed by atoms with E-state index >= 15 is 0 Å². The van der Waals surface area contributed by atoms with E-state index in [1.165, 1.54) is 19.3 Å². The van der Waals surface area contributed by atoms with Gasteiger partial charge in [-0.1, -0.05) is 27.2 Å². The van der Waals surface area contributed by atoms with Gasteiger partial charge in [0.15, 0.2) is 0 Å². The molecule has 3 N–H and O–H groups in total. The lowest BCUT2D eigenvalue weighted by Gasteiger charge is -2.25. The Hall–Kier alpha value is -0.850. The van der Waals surface area contributed by atoms with Crippen LogP contribution in [0.25, 0.3) is 0 Å². The Balaban J connectivity index is 0.00000264. The molecule has 2 rings (SSSR count). The van der Waals surface area contributed by atoms with Crippen molar-refractivity contribution >= 4 is 30.7 Å². The number of carbonyl (C=O) groups is 1. The first kappa shape index (κ1) is 23.1. The highest BCUT2D eigenvalue weighted by Crippen LogP contribution is 2.17. The second-order valence-electron chi connectivity index (χ2n) is 7.23. The minimum absolute atomic E-state index is 0. The number of rotatable bonds is 5. The van der Waals surface area contributed by atoms with Gasteiger partial charge in [-0.2, -0.15) is 0 Å². The zero-order valence-electron chi connectivity index (χ0n) is 14.9. The van der Waals surface area contributed by atoms with Crippen LogP contribution in [0.4, 0.5) is 0 Å². The van der Waals surface area contributed by atoms with Crippen molar-refractivity contribution in [1.29, 1.82) is 0 Å². The standard InChI is InChI=1S/C16H29N5O.2ClH/c1-16(2,3)14(17)15(22)18-10-7-9-13-20-19-12-8-5-4-6-11-21(12)13;;/h14H,4-11,17H2,1-3H3,(H,18,22);2*1H/t14-;;/m1../s1. The number of aryl methyl sites for hydroxylation is 2. The molecule has 1 aromatic rings. The Labute approximate surface area is 157 Å². The lowest BCUT2D eigenvalue weighted by molar-refractivity contribution is -0.124. The van der Waals surface area contributed by atoms with Crippen molar-refractivity contribution in [2.75, 3.05) is 6.54 Å². The Morgan fingerprint density at radius 1 is 1.25 bits per heavy atom. The van der Waals surface area contributed by atoms with Crippen LogP contribution in [0.3, 0.4) is 0 Å². The molecule has 0 saturated heterocycles. The monoisotopic (exact) mass is 379 g/mol. The van der Waals surface area contributed by atoms with Crippen LogP contribution in [0.2, 0.25) is 0 Å². The number of halogens is 2. The third-order valence-electron chi connectivity index (χ3n) is 4.28. The van der Waals surface area contributed by atoms with Gasteiger partial charge < -0.3 is 15.6 Å². The lowest BCUT2D eigenvalue weighted by atomic mass is 9.87. The van der Waals surface area contributed by atoms with Crippen molar-refractivity contribution in [2.45, 2.75) is 71.9 Å². The van der Waals surface area contributed by atoms with Crippen LogP contribution in [0.5, 0.6) is 0 Å². The second kappa shape index (κ2) is 10.2. The molecule has 1 amide bonds. The topological polar surface area (TPSA) is 85.8 Å². The van der Waals surface area contributed by atoms with Crippen molar-refractivity contribution in [1.82, 2.24) is 20.1 Å². The van der Waals surface area contributed by atoms with Crippen LogP contribution < -0.4 is 11.1 Å². The number of carbonyl (C=O) groups excluding carboxylic acids is 1. The van der Waals surface area contributed by atoms with Crippen molar-refractivity contribution in [2.24, 2.45) is 11.1 Å². The lowest BCUT2D eigenvalue weighted by Crippen LogP contribution is -2.48. The molecule has 1 aliphatic heterocycles. The molecule has 0 aromatic carbocycles. The predicted molar refractivity (Wildman–Crippen MR) is 101 cm³/mol. The van der Waals surface area contributed by atoms with Gasteiger partial charge in [-0.25, -0.2) is 0 Å². The summed E-state index contributed by atoms with van der Waals surface area (Å²) in [6.45, 7) is 7.58. The zero-order chi connectivity index (χ0) is 16.2. The van der Waals surface area contributed by atoms with Crippen LogP contribution in [0, 0.1) is 5.41 Å². The van der Waals surface area contributed by atoms with Gasteiger partial charge in [-0.05, 0) is 24.7 Å². The summed E-state index contributed by atoms with van der Waals surface area (Å²) in [5.74, 6) is 2.09. The SMILES string of the molecule is CC(C)(C)[C@H](N)C(=O)NCCCc1nnc2n1CCCCC2.Cl.Cl. The number of hydrogen-bond donors (Lipinski definition) is 2. The quantitative estimate of drug-likeness (QED) is 0.768. The number of aromatic nitrogens is 3. The van der Waals surface area contributed by atoms with Crippen molar-refractivity contribution in [3.8, 4) is 0 Å². The maximum Gasteiger partial charge on any atom is 0.237 e. The third kappa shape index (κ3) is 6.22. The van der Waals surface area contributed by atoms with Gasteiger partial charge in [0.05, 0.1) is 6.04 Å². The van der Waals surface area contributed by atoms with Crippen molar-refractivity contribution in [3.63, 3.8) is 0 Å². The molecule has 2 heterocycles. The Bertz CT molecular complexity index is 513. The van der Waals surface area contributed by atoms with Gasteiger partial charge in [0.25, 0.3) is 0 Å². The highest BCUT2D eigenvalue weighted by molar-refractivity contribution is 5.85. The van der Waals surface area contributed by atoms with Gasteiger partial charge in [-0.3, -0.25) is 4.79 Å². The van der Waals surface area contributed by atoms with E-state index in [9.17, 15) is 4.79 Å². The molecule has 0 unspecified atom stereocenters. The van der Waals surface area contributed by atoms with E-state index in [2.05, 4.69) is 20.1 Å². The molecule has 24 heavy (non-hydrogen) atoms. The summed E-state index contributed by atoms with van der Waals surface area (Å²) in [6.07, 6.45) is 6.42. The summed E-state index contributed by atoms with van der Waals surface area (Å²) in [5, 5.41) is 11.5. The molecule has 0 fully saturated rings. The number of nitrogens with two attached hydrogens (primary N) is 1. The highest BCUT2D eigenvalue weighted by Gasteiger charge is 2.27. The van der Waals surface area contributed by atoms with E-state index in [1.807, 2.05) is 20.8 Å². The smallest absolute Gasteiger partial charge is 0.237 e. The first-order chi connectivity index (χ1) is 10.4. The molecule has 0 spiro atoms. The highest BCUT2D eigenvalue weighted by atomic mass is 35.5. The minimum Gasteiger partial charge on any atom is -0.355 e. The van der Waals surface area contributed by atoms with Crippen molar-refractivity contribution in [3.05, 3.63) is 11.6 Å². The average Bonchev–Trinajstić information content (AvgIpc) is 2.69. The van der Waals surface area contributed by atoms with Crippen LogP contribution in [-0.2, 0) is 24.2 Å². The molecular formula is C16H31Cl2N5O. The van der Waals surface area contributed by atoms with Crippen LogP contribution in [0.15, 0.2) is 0 Å². The number of nitrogens with zero attached hydrogens (tertiary/aromatic N) is 3. The van der Waals surface area contributed by atoms with Gasteiger partial charge in [0.2, 0.25) is 5.91 Å². The molecule has 0 bridgehead atoms. The van der Waals surface area contributed by atoms with E-state index < -0.39 is 6.04 Å². The van der Waals surface area contributed by atoms with E-state index in [0.29, 0.717) is 6.54 Å². The summed E-state index contributed by atoms with van der Waals surface area (Å²) in [7, 11) is 0. The van der Waals surface area contributed by atoms with Crippen molar-refractivity contribution < 1.29 is 4.79 Å². The van der Waals surface area contributed by atoms with Crippen LogP contribution >= 0.6 is 24.8 Å². The molecule has 1 atom stereocenters. The van der Waals surface area contributed by atoms with Gasteiger partial charge >= 0.3 is 0 Å². The number of amides is 1. The summed E-state index contributed by atoms with van der Waals surface area (Å²) in [4.78, 5) is 12.0. The second-order valence-corrected chi connectivity index (χ2v) is 7.23. The number of hydrogen-bond acceptors (Lipinski definition) is 4. The average molecular weight is 380 g/mol. The molecule has 1 aromatic heterocycles. The fraction of sp³-hybridized carbons (Fsp3) is 0.812. The first-order valence-corrected chi connectivity index (χ1v) is 8.34. The summed E-state index contributed by atoms with van der Waals surface area (Å²) in [6, 6.07) is -0.475. The van der Waals surface area contributed by atoms with E-state index in [4.69, 9.17) is 5.73 Å². The Morgan fingerprint density at radius 2 is 1.96 bits per heavy atom. The molecule has 1 aliphatic rings. The minimum atomic E-state index is -0.475. The molecule has 6 nitrogen and oxygen atoms in total. The zero-order valence-corrected chi connectivity index (χ0v) is 16.5. The maximum atomic E-state index is 12.0. The molecule has 8 heteroatoms. The Morgan fingerprint density at radius 3 is 2.62 bits per heavy atom. The predicted octanol–water partition coefficient (Wildman–Crippen LogP) is 2.27. The van der Waals surface area contributed by atoms with Gasteiger partial charge in [0.1, 0.15) is 11.6 Å². The summed E-state index contributed by atoms with van der Waals surface area (Å²) < 4.78 is 2.26. The molecule has 0 radical (unpaired) electrons. The maximum absolute atomic E-state index is 12.0. The van der Waals surface area contributed by atoms with Gasteiger partial charge in [-0.15, -0.1) is 35.0 Å². The molecular weight excluding hydrogens is 349 g/mol. The van der Waals surface area contributed by atoms with E-state index in [-0.39, 0.29) is 36.1 Å².